The maximum absolute atomic E-state index is 12.5. The van der Waals surface area contributed by atoms with Gasteiger partial charge in [0, 0.05) is 6.54 Å². The summed E-state index contributed by atoms with van der Waals surface area (Å²) in [5, 5.41) is 3.03. The van der Waals surface area contributed by atoms with Crippen molar-refractivity contribution in [2.75, 3.05) is 41.0 Å². The van der Waals surface area contributed by atoms with E-state index in [4.69, 9.17) is 14.2 Å². The summed E-state index contributed by atoms with van der Waals surface area (Å²) in [5.41, 5.74) is 2.32. The number of nitrogens with one attached hydrogen (secondary N) is 2. The van der Waals surface area contributed by atoms with Crippen molar-refractivity contribution in [1.82, 2.24) is 5.32 Å². The molecule has 1 amide bonds. The van der Waals surface area contributed by atoms with Crippen LogP contribution < -0.4 is 24.4 Å². The molecule has 0 aromatic heterocycles. The summed E-state index contributed by atoms with van der Waals surface area (Å²) >= 11 is 0. The average Bonchev–Trinajstić information content (AvgIpc) is 2.78. The molecule has 2 aromatic rings. The Morgan fingerprint density at radius 1 is 0.967 bits per heavy atom. The van der Waals surface area contributed by atoms with Gasteiger partial charge < -0.3 is 24.4 Å². The van der Waals surface area contributed by atoms with E-state index in [1.807, 2.05) is 12.1 Å². The van der Waals surface area contributed by atoms with Crippen molar-refractivity contribution >= 4 is 5.91 Å². The van der Waals surface area contributed by atoms with Gasteiger partial charge in [0.05, 0.1) is 34.4 Å². The fourth-order valence-corrected chi connectivity index (χ4v) is 4.14. The predicted octanol–water partition coefficient (Wildman–Crippen LogP) is 1.87. The molecule has 0 atom stereocenters. The van der Waals surface area contributed by atoms with Crippen molar-refractivity contribution in [2.24, 2.45) is 5.92 Å². The Hall–Kier alpha value is -2.73. The van der Waals surface area contributed by atoms with E-state index < -0.39 is 0 Å². The highest BCUT2D eigenvalue weighted by atomic mass is 16.5. The van der Waals surface area contributed by atoms with E-state index in [1.54, 1.807) is 21.3 Å². The van der Waals surface area contributed by atoms with Gasteiger partial charge in [0.1, 0.15) is 0 Å². The summed E-state index contributed by atoms with van der Waals surface area (Å²) in [5.74, 6) is 2.52. The number of ether oxygens (including phenoxy) is 3. The van der Waals surface area contributed by atoms with Gasteiger partial charge >= 0.3 is 0 Å². The largest absolute Gasteiger partial charge is 0.493 e. The quantitative estimate of drug-likeness (QED) is 0.659. The molecular formula is C24H33N2O4+. The average molecular weight is 414 g/mol. The molecule has 0 radical (unpaired) electrons. The lowest BCUT2D eigenvalue weighted by Crippen LogP contribution is -3.14. The monoisotopic (exact) mass is 413 g/mol. The number of rotatable bonds is 9. The molecule has 1 aliphatic rings. The lowest BCUT2D eigenvalue weighted by molar-refractivity contribution is -0.898. The van der Waals surface area contributed by atoms with E-state index >= 15 is 0 Å². The highest BCUT2D eigenvalue weighted by molar-refractivity contribution is 5.76. The number of amides is 1. The molecule has 1 aliphatic heterocycles. The van der Waals surface area contributed by atoms with Crippen LogP contribution in [0.25, 0.3) is 0 Å². The van der Waals surface area contributed by atoms with E-state index in [2.05, 4.69) is 35.6 Å². The minimum Gasteiger partial charge on any atom is -0.493 e. The van der Waals surface area contributed by atoms with Gasteiger partial charge in [-0.25, -0.2) is 0 Å². The van der Waals surface area contributed by atoms with Gasteiger partial charge in [0.15, 0.2) is 18.0 Å². The second kappa shape index (κ2) is 10.9. The molecule has 0 unspecified atom stereocenters. The molecule has 1 heterocycles. The molecule has 6 heteroatoms. The van der Waals surface area contributed by atoms with Crippen LogP contribution in [-0.2, 0) is 17.8 Å². The van der Waals surface area contributed by atoms with Gasteiger partial charge in [0.25, 0.3) is 5.91 Å². The van der Waals surface area contributed by atoms with Crippen LogP contribution in [0.4, 0.5) is 0 Å². The molecule has 1 saturated heterocycles. The van der Waals surface area contributed by atoms with Crippen molar-refractivity contribution in [3.05, 3.63) is 53.6 Å². The Balaban J connectivity index is 1.45. The third-order valence-corrected chi connectivity index (χ3v) is 5.80. The summed E-state index contributed by atoms with van der Waals surface area (Å²) in [7, 11) is 4.75. The van der Waals surface area contributed by atoms with Crippen LogP contribution >= 0.6 is 0 Å². The number of piperidine rings is 1. The van der Waals surface area contributed by atoms with Crippen molar-refractivity contribution in [2.45, 2.75) is 25.8 Å². The Labute approximate surface area is 179 Å². The number of hydrogen-bond donors (Lipinski definition) is 2. The number of hydrogen-bond acceptors (Lipinski definition) is 4. The number of quaternary nitrogens is 1. The second-order valence-electron chi connectivity index (χ2n) is 7.87. The van der Waals surface area contributed by atoms with E-state index in [0.29, 0.717) is 30.3 Å². The molecule has 2 aromatic carbocycles. The normalized spacial score (nSPS) is 18.5. The lowest BCUT2D eigenvalue weighted by atomic mass is 9.90. The molecule has 3 rings (SSSR count). The van der Waals surface area contributed by atoms with Crippen LogP contribution in [0, 0.1) is 5.92 Å². The summed E-state index contributed by atoms with van der Waals surface area (Å²) < 4.78 is 16.1. The minimum absolute atomic E-state index is 0.0697. The topological polar surface area (TPSA) is 61.2 Å². The highest BCUT2D eigenvalue weighted by Gasteiger charge is 2.24. The number of benzene rings is 2. The predicted molar refractivity (Wildman–Crippen MR) is 116 cm³/mol. The Bertz CT molecular complexity index is 792. The fourth-order valence-electron chi connectivity index (χ4n) is 4.14. The van der Waals surface area contributed by atoms with Gasteiger partial charge in [-0.2, -0.15) is 0 Å². The zero-order valence-electron chi connectivity index (χ0n) is 18.2. The first-order valence-electron chi connectivity index (χ1n) is 10.6. The first-order chi connectivity index (χ1) is 14.6. The van der Waals surface area contributed by atoms with Crippen molar-refractivity contribution in [1.29, 1.82) is 0 Å². The van der Waals surface area contributed by atoms with E-state index in [0.717, 1.165) is 31.0 Å². The molecule has 30 heavy (non-hydrogen) atoms. The standard InChI is InChI=1S/C24H32N2O4/c1-28-21-14-20(15-22(29-2)24(21)30-3)16-25-23(27)17-26-11-9-19(10-12-26)13-18-7-5-4-6-8-18/h4-8,14-15,19H,9-13,16-17H2,1-3H3,(H,25,27)/p+1. The van der Waals surface area contributed by atoms with E-state index in [-0.39, 0.29) is 5.91 Å². The van der Waals surface area contributed by atoms with Crippen LogP contribution in [0.3, 0.4) is 0 Å². The number of carbonyl (C=O) groups excluding carboxylic acids is 1. The fraction of sp³-hybridized carbons (Fsp3) is 0.458. The summed E-state index contributed by atoms with van der Waals surface area (Å²) in [4.78, 5) is 13.8. The number of likely N-dealkylation sites (tertiary alicyclic amines) is 1. The van der Waals surface area contributed by atoms with Gasteiger partial charge in [-0.1, -0.05) is 30.3 Å². The van der Waals surface area contributed by atoms with Gasteiger partial charge in [-0.3, -0.25) is 4.79 Å². The van der Waals surface area contributed by atoms with E-state index in [1.165, 1.54) is 23.3 Å². The zero-order valence-corrected chi connectivity index (χ0v) is 18.2. The number of carbonyl (C=O) groups is 1. The van der Waals surface area contributed by atoms with Gasteiger partial charge in [0.2, 0.25) is 5.75 Å². The van der Waals surface area contributed by atoms with E-state index in [9.17, 15) is 4.79 Å². The van der Waals surface area contributed by atoms with Crippen molar-refractivity contribution in [3.63, 3.8) is 0 Å². The number of methoxy groups -OCH3 is 3. The first kappa shape index (κ1) is 22.0. The third kappa shape index (κ3) is 5.89. The molecule has 0 aliphatic carbocycles. The minimum atomic E-state index is 0.0697. The molecule has 0 spiro atoms. The van der Waals surface area contributed by atoms with Crippen molar-refractivity contribution in [3.8, 4) is 17.2 Å². The van der Waals surface area contributed by atoms with Crippen LogP contribution in [0.15, 0.2) is 42.5 Å². The lowest BCUT2D eigenvalue weighted by Gasteiger charge is -2.29. The molecule has 162 valence electrons. The van der Waals surface area contributed by atoms with Gasteiger partial charge in [-0.15, -0.1) is 0 Å². The Kier molecular flexibility index (Phi) is 7.97. The maximum atomic E-state index is 12.5. The third-order valence-electron chi connectivity index (χ3n) is 5.80. The SMILES string of the molecule is COc1cc(CNC(=O)C[NH+]2CCC(Cc3ccccc3)CC2)cc(OC)c1OC. The molecule has 6 nitrogen and oxygen atoms in total. The smallest absolute Gasteiger partial charge is 0.275 e. The molecule has 2 N–H and O–H groups in total. The van der Waals surface area contributed by atoms with Gasteiger partial charge in [-0.05, 0) is 48.4 Å². The Morgan fingerprint density at radius 3 is 2.17 bits per heavy atom. The van der Waals surface area contributed by atoms with Crippen LogP contribution in [-0.4, -0.2) is 46.9 Å². The first-order valence-corrected chi connectivity index (χ1v) is 10.6. The van der Waals surface area contributed by atoms with Crippen LogP contribution in [0.2, 0.25) is 0 Å². The molecular weight excluding hydrogens is 380 g/mol. The molecule has 0 bridgehead atoms. The maximum Gasteiger partial charge on any atom is 0.275 e. The molecule has 1 fully saturated rings. The van der Waals surface area contributed by atoms with Crippen LogP contribution in [0.1, 0.15) is 24.0 Å². The second-order valence-corrected chi connectivity index (χ2v) is 7.87. The Morgan fingerprint density at radius 2 is 1.60 bits per heavy atom. The zero-order chi connectivity index (χ0) is 21.3. The van der Waals surface area contributed by atoms with Crippen molar-refractivity contribution < 1.29 is 23.9 Å². The van der Waals surface area contributed by atoms with Crippen LogP contribution in [0.5, 0.6) is 17.2 Å². The molecule has 0 saturated carbocycles. The highest BCUT2D eigenvalue weighted by Crippen LogP contribution is 2.38. The summed E-state index contributed by atoms with van der Waals surface area (Å²) in [6.45, 7) is 3.05. The summed E-state index contributed by atoms with van der Waals surface area (Å²) in [6.07, 6.45) is 3.48. The summed E-state index contributed by atoms with van der Waals surface area (Å²) in [6, 6.07) is 14.4.